The van der Waals surface area contributed by atoms with Gasteiger partial charge >= 0.3 is 6.03 Å². The van der Waals surface area contributed by atoms with Crippen LogP contribution in [-0.4, -0.2) is 23.5 Å². The molecule has 21 heavy (non-hydrogen) atoms. The van der Waals surface area contributed by atoms with Crippen molar-refractivity contribution in [1.29, 1.82) is 0 Å². The molecule has 0 aliphatic carbocycles. The highest BCUT2D eigenvalue weighted by molar-refractivity contribution is 7.17. The molecule has 2 amide bonds. The normalized spacial score (nSPS) is 18.9. The summed E-state index contributed by atoms with van der Waals surface area (Å²) in [7, 11) is 0. The Labute approximate surface area is 130 Å². The van der Waals surface area contributed by atoms with Crippen LogP contribution < -0.4 is 5.32 Å². The van der Waals surface area contributed by atoms with Crippen molar-refractivity contribution < 1.29 is 4.79 Å². The third kappa shape index (κ3) is 3.05. The predicted octanol–water partition coefficient (Wildman–Crippen LogP) is 4.38. The molecule has 1 aliphatic rings. The van der Waals surface area contributed by atoms with Crippen LogP contribution in [0.25, 0.3) is 10.1 Å². The number of benzene rings is 1. The number of carbonyl (C=O) groups is 1. The summed E-state index contributed by atoms with van der Waals surface area (Å²) in [6.07, 6.45) is 4.57. The largest absolute Gasteiger partial charge is 0.334 e. The van der Waals surface area contributed by atoms with Crippen molar-refractivity contribution in [2.45, 2.75) is 45.2 Å². The molecular formula is C17H22N2OS. The summed E-state index contributed by atoms with van der Waals surface area (Å²) in [5.74, 6) is 0. The second-order valence-corrected chi connectivity index (χ2v) is 6.58. The summed E-state index contributed by atoms with van der Waals surface area (Å²) in [5, 5.41) is 6.51. The third-order valence-corrected chi connectivity index (χ3v) is 5.36. The zero-order valence-electron chi connectivity index (χ0n) is 12.5. The van der Waals surface area contributed by atoms with Crippen LogP contribution in [0.3, 0.4) is 0 Å². The van der Waals surface area contributed by atoms with Gasteiger partial charge in [0.15, 0.2) is 0 Å². The number of piperidine rings is 1. The van der Waals surface area contributed by atoms with E-state index < -0.39 is 0 Å². The first-order valence-electron chi connectivity index (χ1n) is 7.79. The first kappa shape index (κ1) is 14.4. The first-order chi connectivity index (χ1) is 10.3. The molecule has 2 heterocycles. The van der Waals surface area contributed by atoms with Crippen LogP contribution in [0, 0.1) is 0 Å². The summed E-state index contributed by atoms with van der Waals surface area (Å²) in [6, 6.07) is 8.88. The van der Waals surface area contributed by atoms with Crippen molar-refractivity contribution >= 4 is 27.5 Å². The summed E-state index contributed by atoms with van der Waals surface area (Å²) < 4.78 is 1.28. The molecule has 1 unspecified atom stereocenters. The molecule has 3 nitrogen and oxygen atoms in total. The van der Waals surface area contributed by atoms with Crippen molar-refractivity contribution in [3.63, 3.8) is 0 Å². The summed E-state index contributed by atoms with van der Waals surface area (Å²) >= 11 is 1.74. The molecule has 1 aromatic carbocycles. The fourth-order valence-electron chi connectivity index (χ4n) is 3.13. The number of amides is 2. The number of hydrogen-bond donors (Lipinski definition) is 1. The molecule has 1 saturated heterocycles. The Hall–Kier alpha value is -1.55. The van der Waals surface area contributed by atoms with Gasteiger partial charge < -0.3 is 10.2 Å². The van der Waals surface area contributed by atoms with Gasteiger partial charge in [-0.25, -0.2) is 4.79 Å². The maximum absolute atomic E-state index is 12.4. The van der Waals surface area contributed by atoms with Crippen molar-refractivity contribution in [3.8, 4) is 0 Å². The van der Waals surface area contributed by atoms with Gasteiger partial charge in [-0.15, -0.1) is 11.3 Å². The number of urea groups is 1. The molecule has 1 fully saturated rings. The number of carbonyl (C=O) groups excluding carboxylic acids is 1. The van der Waals surface area contributed by atoms with Gasteiger partial charge in [-0.05, 0) is 48.1 Å². The van der Waals surface area contributed by atoms with Crippen LogP contribution in [0.15, 0.2) is 29.6 Å². The number of fused-ring (bicyclic) bond motifs is 1. The van der Waals surface area contributed by atoms with Crippen molar-refractivity contribution in [3.05, 3.63) is 35.2 Å². The van der Waals surface area contributed by atoms with Crippen LogP contribution in [0.5, 0.6) is 0 Å². The lowest BCUT2D eigenvalue weighted by Gasteiger charge is -2.35. The molecule has 1 aromatic heterocycles. The quantitative estimate of drug-likeness (QED) is 0.897. The number of nitrogens with zero attached hydrogens (tertiary/aromatic N) is 1. The number of nitrogens with one attached hydrogen (secondary N) is 1. The van der Waals surface area contributed by atoms with Crippen LogP contribution >= 0.6 is 11.3 Å². The molecule has 1 aliphatic heterocycles. The minimum Gasteiger partial charge on any atom is -0.334 e. The van der Waals surface area contributed by atoms with E-state index in [1.54, 1.807) is 11.3 Å². The highest BCUT2D eigenvalue weighted by Gasteiger charge is 2.24. The molecule has 1 N–H and O–H groups in total. The number of thiophene rings is 1. The van der Waals surface area contributed by atoms with Gasteiger partial charge in [0.25, 0.3) is 0 Å². The first-order valence-corrected chi connectivity index (χ1v) is 8.67. The molecule has 0 spiro atoms. The molecule has 112 valence electrons. The molecular weight excluding hydrogens is 280 g/mol. The number of hydrogen-bond acceptors (Lipinski definition) is 2. The minimum absolute atomic E-state index is 0.0943. The van der Waals surface area contributed by atoms with Crippen molar-refractivity contribution in [2.75, 3.05) is 6.54 Å². The monoisotopic (exact) mass is 302 g/mol. The fraction of sp³-hybridized carbons (Fsp3) is 0.471. The zero-order valence-corrected chi connectivity index (χ0v) is 13.3. The van der Waals surface area contributed by atoms with E-state index in [1.807, 2.05) is 4.90 Å². The Balaban J connectivity index is 1.65. The van der Waals surface area contributed by atoms with E-state index >= 15 is 0 Å². The SMILES string of the molecule is CCC1CCCCN1C(=O)NCc1csc2ccccc12. The molecule has 0 saturated carbocycles. The van der Waals surface area contributed by atoms with Crippen LogP contribution in [0.4, 0.5) is 4.79 Å². The Bertz CT molecular complexity index is 622. The third-order valence-electron chi connectivity index (χ3n) is 4.35. The molecule has 0 bridgehead atoms. The zero-order chi connectivity index (χ0) is 14.7. The lowest BCUT2D eigenvalue weighted by atomic mass is 10.0. The van der Waals surface area contributed by atoms with Gasteiger partial charge in [0.2, 0.25) is 0 Å². The van der Waals surface area contributed by atoms with E-state index in [4.69, 9.17) is 0 Å². The van der Waals surface area contributed by atoms with E-state index in [2.05, 4.69) is 41.9 Å². The van der Waals surface area contributed by atoms with E-state index in [9.17, 15) is 4.79 Å². The Morgan fingerprint density at radius 3 is 3.10 bits per heavy atom. The average molecular weight is 302 g/mol. The van der Waals surface area contributed by atoms with E-state index in [1.165, 1.54) is 22.1 Å². The molecule has 1 atom stereocenters. The van der Waals surface area contributed by atoms with Crippen LogP contribution in [0.1, 0.15) is 38.2 Å². The lowest BCUT2D eigenvalue weighted by molar-refractivity contribution is 0.148. The maximum atomic E-state index is 12.4. The maximum Gasteiger partial charge on any atom is 0.317 e. The molecule has 4 heteroatoms. The topological polar surface area (TPSA) is 32.3 Å². The standard InChI is InChI=1S/C17H22N2OS/c1-2-14-7-5-6-10-19(14)17(20)18-11-13-12-21-16-9-4-3-8-15(13)16/h3-4,8-9,12,14H,2,5-7,10-11H2,1H3,(H,18,20). The summed E-state index contributed by atoms with van der Waals surface area (Å²) in [5.41, 5.74) is 1.22. The Morgan fingerprint density at radius 2 is 2.24 bits per heavy atom. The summed E-state index contributed by atoms with van der Waals surface area (Å²) in [6.45, 7) is 3.69. The smallest absolute Gasteiger partial charge is 0.317 e. The second-order valence-electron chi connectivity index (χ2n) is 5.67. The predicted molar refractivity (Wildman–Crippen MR) is 88.7 cm³/mol. The van der Waals surface area contributed by atoms with Gasteiger partial charge in [-0.1, -0.05) is 25.1 Å². The number of rotatable bonds is 3. The highest BCUT2D eigenvalue weighted by atomic mass is 32.1. The van der Waals surface area contributed by atoms with Gasteiger partial charge in [-0.2, -0.15) is 0 Å². The van der Waals surface area contributed by atoms with Crippen LogP contribution in [0.2, 0.25) is 0 Å². The minimum atomic E-state index is 0.0943. The fourth-order valence-corrected chi connectivity index (χ4v) is 4.10. The van der Waals surface area contributed by atoms with E-state index in [-0.39, 0.29) is 6.03 Å². The Morgan fingerprint density at radius 1 is 1.38 bits per heavy atom. The molecule has 3 rings (SSSR count). The number of likely N-dealkylation sites (tertiary alicyclic amines) is 1. The summed E-state index contributed by atoms with van der Waals surface area (Å²) in [4.78, 5) is 14.4. The van der Waals surface area contributed by atoms with Gasteiger partial charge in [0.1, 0.15) is 0 Å². The average Bonchev–Trinajstić information content (AvgIpc) is 2.96. The van der Waals surface area contributed by atoms with Crippen molar-refractivity contribution in [2.24, 2.45) is 0 Å². The van der Waals surface area contributed by atoms with Gasteiger partial charge in [0, 0.05) is 23.8 Å². The van der Waals surface area contributed by atoms with Crippen LogP contribution in [-0.2, 0) is 6.54 Å². The second kappa shape index (κ2) is 6.48. The highest BCUT2D eigenvalue weighted by Crippen LogP contribution is 2.25. The van der Waals surface area contributed by atoms with Gasteiger partial charge in [-0.3, -0.25) is 0 Å². The van der Waals surface area contributed by atoms with E-state index in [0.717, 1.165) is 25.8 Å². The Kier molecular flexibility index (Phi) is 4.44. The molecule has 0 radical (unpaired) electrons. The van der Waals surface area contributed by atoms with Crippen molar-refractivity contribution in [1.82, 2.24) is 10.2 Å². The van der Waals surface area contributed by atoms with Gasteiger partial charge in [0.05, 0.1) is 0 Å². The molecule has 2 aromatic rings. The van der Waals surface area contributed by atoms with E-state index in [0.29, 0.717) is 12.6 Å². The lowest BCUT2D eigenvalue weighted by Crippen LogP contribution is -2.48.